The maximum absolute atomic E-state index is 4.04. The van der Waals surface area contributed by atoms with Crippen LogP contribution < -0.4 is 0 Å². The van der Waals surface area contributed by atoms with Gasteiger partial charge in [0, 0.05) is 20.1 Å². The van der Waals surface area contributed by atoms with Gasteiger partial charge in [0.2, 0.25) is 0 Å². The molecular formula is C6H14N2. The average molecular weight is 114 g/mol. The van der Waals surface area contributed by atoms with Crippen molar-refractivity contribution >= 4 is 6.34 Å². The smallest absolute Gasteiger partial charge is 0.0846 e. The van der Waals surface area contributed by atoms with Gasteiger partial charge in [0.05, 0.1) is 6.34 Å². The molecule has 0 spiro atoms. The van der Waals surface area contributed by atoms with Crippen molar-refractivity contribution in [2.24, 2.45) is 4.99 Å². The van der Waals surface area contributed by atoms with Crippen LogP contribution in [0.4, 0.5) is 0 Å². The van der Waals surface area contributed by atoms with E-state index in [1.165, 1.54) is 0 Å². The number of rotatable bonds is 3. The summed E-state index contributed by atoms with van der Waals surface area (Å²) in [6.45, 7) is 6.04. The second kappa shape index (κ2) is 4.62. The Hall–Kier alpha value is -0.530. The third-order valence-corrected chi connectivity index (χ3v) is 0.960. The molecule has 0 saturated heterocycles. The van der Waals surface area contributed by atoms with Crippen molar-refractivity contribution in [2.75, 3.05) is 20.1 Å². The van der Waals surface area contributed by atoms with E-state index in [0.29, 0.717) is 0 Å². The normalized spacial score (nSPS) is 10.4. The lowest BCUT2D eigenvalue weighted by Crippen LogP contribution is -2.14. The Bertz CT molecular complexity index is 68.9. The zero-order valence-electron chi connectivity index (χ0n) is 5.89. The average Bonchev–Trinajstić information content (AvgIpc) is 1.83. The Morgan fingerprint density at radius 2 is 2.12 bits per heavy atom. The van der Waals surface area contributed by atoms with Gasteiger partial charge in [0.25, 0.3) is 0 Å². The van der Waals surface area contributed by atoms with Crippen LogP contribution >= 0.6 is 0 Å². The fourth-order valence-corrected chi connectivity index (χ4v) is 0.303. The van der Waals surface area contributed by atoms with Gasteiger partial charge in [-0.1, -0.05) is 0 Å². The highest BCUT2D eigenvalue weighted by atomic mass is 15.1. The Kier molecular flexibility index (Phi) is 4.32. The first kappa shape index (κ1) is 7.47. The zero-order valence-corrected chi connectivity index (χ0v) is 5.89. The highest BCUT2D eigenvalue weighted by molar-refractivity contribution is 5.54. The van der Waals surface area contributed by atoms with E-state index in [-0.39, 0.29) is 0 Å². The maximum Gasteiger partial charge on any atom is 0.0846 e. The van der Waals surface area contributed by atoms with Gasteiger partial charge in [-0.05, 0) is 13.8 Å². The molecule has 0 rings (SSSR count). The third-order valence-electron chi connectivity index (χ3n) is 0.960. The van der Waals surface area contributed by atoms with Crippen molar-refractivity contribution in [3.8, 4) is 0 Å². The molecule has 0 aliphatic heterocycles. The fourth-order valence-electron chi connectivity index (χ4n) is 0.303. The minimum Gasteiger partial charge on any atom is -0.366 e. The maximum atomic E-state index is 4.04. The summed E-state index contributed by atoms with van der Waals surface area (Å²) in [6.07, 6.45) is 1.86. The summed E-state index contributed by atoms with van der Waals surface area (Å²) >= 11 is 0. The second-order valence-electron chi connectivity index (χ2n) is 1.69. The lowest BCUT2D eigenvalue weighted by molar-refractivity contribution is 0.550. The van der Waals surface area contributed by atoms with Crippen LogP contribution in [-0.4, -0.2) is 31.4 Å². The van der Waals surface area contributed by atoms with Crippen LogP contribution in [0.5, 0.6) is 0 Å². The molecule has 2 heteroatoms. The van der Waals surface area contributed by atoms with Crippen molar-refractivity contribution in [2.45, 2.75) is 13.8 Å². The molecule has 0 heterocycles. The number of hydrogen-bond acceptors (Lipinski definition) is 1. The predicted octanol–water partition coefficient (Wildman–Crippen LogP) is 0.986. The van der Waals surface area contributed by atoms with E-state index in [1.54, 1.807) is 0 Å². The van der Waals surface area contributed by atoms with Crippen LogP contribution in [-0.2, 0) is 0 Å². The summed E-state index contributed by atoms with van der Waals surface area (Å²) in [4.78, 5) is 6.09. The van der Waals surface area contributed by atoms with Gasteiger partial charge in [0.15, 0.2) is 0 Å². The van der Waals surface area contributed by atoms with E-state index in [0.717, 1.165) is 13.1 Å². The molecule has 0 aliphatic carbocycles. The molecular weight excluding hydrogens is 100 g/mol. The van der Waals surface area contributed by atoms with Gasteiger partial charge < -0.3 is 4.90 Å². The van der Waals surface area contributed by atoms with Crippen molar-refractivity contribution in [3.63, 3.8) is 0 Å². The van der Waals surface area contributed by atoms with E-state index in [1.807, 2.05) is 25.2 Å². The lowest BCUT2D eigenvalue weighted by atomic mass is 10.7. The van der Waals surface area contributed by atoms with Gasteiger partial charge in [0.1, 0.15) is 0 Å². The van der Waals surface area contributed by atoms with Gasteiger partial charge in [-0.15, -0.1) is 0 Å². The van der Waals surface area contributed by atoms with Crippen LogP contribution in [0.2, 0.25) is 0 Å². The van der Waals surface area contributed by atoms with E-state index in [2.05, 4.69) is 11.9 Å². The van der Waals surface area contributed by atoms with Crippen molar-refractivity contribution in [1.29, 1.82) is 0 Å². The Morgan fingerprint density at radius 1 is 1.50 bits per heavy atom. The standard InChI is InChI=1S/C6H14N2/c1-4-7-6-8(3)5-2/h6H,4-5H2,1-3H3. The fraction of sp³-hybridized carbons (Fsp3) is 0.833. The molecule has 0 bridgehead atoms. The monoisotopic (exact) mass is 114 g/mol. The Morgan fingerprint density at radius 3 is 2.50 bits per heavy atom. The molecule has 48 valence electrons. The topological polar surface area (TPSA) is 15.6 Å². The van der Waals surface area contributed by atoms with Gasteiger partial charge >= 0.3 is 0 Å². The molecule has 0 aromatic heterocycles. The van der Waals surface area contributed by atoms with Crippen molar-refractivity contribution in [3.05, 3.63) is 0 Å². The van der Waals surface area contributed by atoms with Gasteiger partial charge in [-0.25, -0.2) is 0 Å². The SMILES string of the molecule is CCN=CN(C)CC. The van der Waals surface area contributed by atoms with Crippen LogP contribution in [0.15, 0.2) is 4.99 Å². The van der Waals surface area contributed by atoms with Gasteiger partial charge in [-0.2, -0.15) is 0 Å². The lowest BCUT2D eigenvalue weighted by Gasteiger charge is -2.06. The summed E-state index contributed by atoms with van der Waals surface area (Å²) in [5, 5.41) is 0. The molecule has 0 unspecified atom stereocenters. The molecule has 0 N–H and O–H groups in total. The summed E-state index contributed by atoms with van der Waals surface area (Å²) < 4.78 is 0. The predicted molar refractivity (Wildman–Crippen MR) is 37.3 cm³/mol. The minimum atomic E-state index is 0.879. The second-order valence-corrected chi connectivity index (χ2v) is 1.69. The number of hydrogen-bond donors (Lipinski definition) is 0. The Labute approximate surface area is 51.2 Å². The number of aliphatic imine (C=N–C) groups is 1. The van der Waals surface area contributed by atoms with E-state index in [9.17, 15) is 0 Å². The molecule has 0 saturated carbocycles. The number of nitrogens with zero attached hydrogens (tertiary/aromatic N) is 2. The van der Waals surface area contributed by atoms with E-state index >= 15 is 0 Å². The largest absolute Gasteiger partial charge is 0.366 e. The molecule has 8 heavy (non-hydrogen) atoms. The summed E-state index contributed by atoms with van der Waals surface area (Å²) in [7, 11) is 2.01. The third kappa shape index (κ3) is 3.65. The first-order chi connectivity index (χ1) is 3.81. The molecule has 0 aromatic rings. The quantitative estimate of drug-likeness (QED) is 0.394. The molecule has 0 aromatic carbocycles. The first-order valence-electron chi connectivity index (χ1n) is 3.01. The summed E-state index contributed by atoms with van der Waals surface area (Å²) in [5.74, 6) is 0. The molecule has 0 aliphatic rings. The molecule has 0 radical (unpaired) electrons. The van der Waals surface area contributed by atoms with Crippen LogP contribution in [0.25, 0.3) is 0 Å². The molecule has 0 amide bonds. The highest BCUT2D eigenvalue weighted by Crippen LogP contribution is 1.73. The highest BCUT2D eigenvalue weighted by Gasteiger charge is 1.79. The van der Waals surface area contributed by atoms with E-state index in [4.69, 9.17) is 0 Å². The van der Waals surface area contributed by atoms with Crippen molar-refractivity contribution < 1.29 is 0 Å². The zero-order chi connectivity index (χ0) is 6.41. The summed E-state index contributed by atoms with van der Waals surface area (Å²) in [5.41, 5.74) is 0. The van der Waals surface area contributed by atoms with Crippen LogP contribution in [0, 0.1) is 0 Å². The van der Waals surface area contributed by atoms with Crippen LogP contribution in [0.3, 0.4) is 0 Å². The molecule has 0 atom stereocenters. The first-order valence-corrected chi connectivity index (χ1v) is 3.01. The summed E-state index contributed by atoms with van der Waals surface area (Å²) in [6, 6.07) is 0. The van der Waals surface area contributed by atoms with Gasteiger partial charge in [-0.3, -0.25) is 4.99 Å². The minimum absolute atomic E-state index is 0.879. The Balaban J connectivity index is 3.21. The van der Waals surface area contributed by atoms with E-state index < -0.39 is 0 Å². The molecule has 2 nitrogen and oxygen atoms in total. The van der Waals surface area contributed by atoms with Crippen molar-refractivity contribution in [1.82, 2.24) is 4.90 Å². The van der Waals surface area contributed by atoms with Crippen LogP contribution in [0.1, 0.15) is 13.8 Å². The molecule has 0 fully saturated rings.